The van der Waals surface area contributed by atoms with Gasteiger partial charge in [0, 0.05) is 11.5 Å². The van der Waals surface area contributed by atoms with E-state index in [0.717, 1.165) is 0 Å². The second-order valence-electron chi connectivity index (χ2n) is 3.22. The molecule has 0 aromatic rings. The highest BCUT2D eigenvalue weighted by Gasteiger charge is 2.81. The van der Waals surface area contributed by atoms with Gasteiger partial charge in [-0.1, -0.05) is 0 Å². The molecule has 108 valence electrons. The largest absolute Gasteiger partial charge is 0.742 e. The molecule has 0 rings (SSSR count). The van der Waals surface area contributed by atoms with Crippen LogP contribution in [0.25, 0.3) is 0 Å². The smallest absolute Gasteiger partial charge is 0.460 e. The first-order valence-corrected chi connectivity index (χ1v) is 4.47. The van der Waals surface area contributed by atoms with E-state index in [0.29, 0.717) is 0 Å². The normalized spacial score (nSPS) is 14.7. The van der Waals surface area contributed by atoms with Gasteiger partial charge in [0.1, 0.15) is 0 Å². The lowest BCUT2D eigenvalue weighted by atomic mass is 10.00. The lowest BCUT2D eigenvalue weighted by molar-refractivity contribution is -0.396. The predicted molar refractivity (Wildman–Crippen MR) is 42.5 cm³/mol. The van der Waals surface area contributed by atoms with Gasteiger partial charge in [-0.05, 0) is 6.42 Å². The first-order valence-electron chi connectivity index (χ1n) is 4.07. The van der Waals surface area contributed by atoms with E-state index in [1.54, 1.807) is 0 Å². The van der Waals surface area contributed by atoms with Crippen molar-refractivity contribution in [3.8, 4) is 0 Å². The summed E-state index contributed by atoms with van der Waals surface area (Å²) in [4.78, 5) is 10.1. The van der Waals surface area contributed by atoms with Crippen molar-refractivity contribution in [3.05, 3.63) is 0 Å². The minimum atomic E-state index is -6.92. The van der Waals surface area contributed by atoms with Crippen LogP contribution in [0.15, 0.2) is 0 Å². The van der Waals surface area contributed by atoms with Crippen LogP contribution in [0, 0.1) is 0 Å². The average molecular weight is 307 g/mol. The van der Waals surface area contributed by atoms with Gasteiger partial charge in [-0.2, -0.15) is 39.5 Å². The van der Waals surface area contributed by atoms with Crippen molar-refractivity contribution in [2.75, 3.05) is 0 Å². The molecule has 0 aromatic carbocycles. The molecule has 0 saturated heterocycles. The molecule has 0 bridgehead atoms. The zero-order valence-electron chi connectivity index (χ0n) is 8.13. The minimum Gasteiger partial charge on any atom is -0.742 e. The van der Waals surface area contributed by atoms with E-state index in [2.05, 4.69) is 12.6 Å². The summed E-state index contributed by atoms with van der Waals surface area (Å²) in [6, 6.07) is 0. The van der Waals surface area contributed by atoms with Gasteiger partial charge in [-0.15, -0.1) is 0 Å². The Morgan fingerprint density at radius 2 is 1.22 bits per heavy atom. The minimum absolute atomic E-state index is 1.42. The summed E-state index contributed by atoms with van der Waals surface area (Å²) in [6.45, 7) is 0. The third kappa shape index (κ3) is 2.98. The van der Waals surface area contributed by atoms with Crippen molar-refractivity contribution in [1.29, 1.82) is 0 Å². The number of carbonyl (C=O) groups is 1. The van der Waals surface area contributed by atoms with Crippen LogP contribution in [-0.4, -0.2) is 29.1 Å². The van der Waals surface area contributed by atoms with Crippen molar-refractivity contribution in [2.45, 2.75) is 36.8 Å². The molecule has 0 fully saturated rings. The standard InChI is InChI=1S/C7H5F9OS/c8-4(9,2-1-3(17)18)5(10,11)6(12,13)7(14,15)16/h1-2H2,(H,17,18)/p-1. The van der Waals surface area contributed by atoms with Crippen LogP contribution in [0.1, 0.15) is 12.8 Å². The number of carbonyl (C=O) groups excluding carboxylic acids is 1. The quantitative estimate of drug-likeness (QED) is 0.572. The van der Waals surface area contributed by atoms with E-state index in [4.69, 9.17) is 0 Å². The lowest BCUT2D eigenvalue weighted by Gasteiger charge is -2.33. The SMILES string of the molecule is O=C([S-])CCC(F)(F)C(F)(F)C(F)(F)C(F)(F)F. The van der Waals surface area contributed by atoms with Crippen molar-refractivity contribution in [2.24, 2.45) is 0 Å². The molecule has 0 spiro atoms. The fraction of sp³-hybridized carbons (Fsp3) is 0.857. The van der Waals surface area contributed by atoms with Gasteiger partial charge in [-0.3, -0.25) is 0 Å². The molecule has 0 amide bonds. The molecule has 0 saturated carbocycles. The summed E-state index contributed by atoms with van der Waals surface area (Å²) >= 11 is 3.71. The lowest BCUT2D eigenvalue weighted by Crippen LogP contribution is -2.60. The van der Waals surface area contributed by atoms with Crippen LogP contribution in [0.3, 0.4) is 0 Å². The maximum atomic E-state index is 12.7. The summed E-state index contributed by atoms with van der Waals surface area (Å²) in [5, 5.41) is -1.46. The molecule has 0 heterocycles. The third-order valence-corrected chi connectivity index (χ3v) is 2.06. The van der Waals surface area contributed by atoms with Crippen LogP contribution in [0.2, 0.25) is 0 Å². The molecular formula is C7H4F9OS-. The topological polar surface area (TPSA) is 17.1 Å². The molecule has 11 heteroatoms. The van der Waals surface area contributed by atoms with Crippen LogP contribution in [-0.2, 0) is 17.4 Å². The summed E-state index contributed by atoms with van der Waals surface area (Å²) < 4.78 is 110. The Morgan fingerprint density at radius 3 is 1.50 bits per heavy atom. The van der Waals surface area contributed by atoms with E-state index >= 15 is 0 Å². The van der Waals surface area contributed by atoms with Crippen molar-refractivity contribution < 1.29 is 44.3 Å². The van der Waals surface area contributed by atoms with Crippen LogP contribution in [0.4, 0.5) is 39.5 Å². The average Bonchev–Trinajstić information content (AvgIpc) is 2.12. The van der Waals surface area contributed by atoms with Gasteiger partial charge in [0.25, 0.3) is 0 Å². The molecule has 0 aliphatic heterocycles. The second kappa shape index (κ2) is 4.74. The Bertz CT molecular complexity index is 321. The first-order chi connectivity index (χ1) is 7.67. The Kier molecular flexibility index (Phi) is 4.55. The third-order valence-electron chi connectivity index (χ3n) is 1.85. The summed E-state index contributed by atoms with van der Waals surface area (Å²) in [6.07, 6.45) is -10.5. The number of hydrogen-bond acceptors (Lipinski definition) is 2. The molecule has 0 aromatic heterocycles. The number of rotatable bonds is 5. The maximum Gasteiger partial charge on any atom is 0.460 e. The van der Waals surface area contributed by atoms with Crippen LogP contribution < -0.4 is 0 Å². The maximum absolute atomic E-state index is 12.7. The second-order valence-corrected chi connectivity index (χ2v) is 3.68. The van der Waals surface area contributed by atoms with Gasteiger partial charge in [-0.25, -0.2) is 0 Å². The molecular weight excluding hydrogens is 303 g/mol. The Hall–Kier alpha value is -0.740. The molecule has 18 heavy (non-hydrogen) atoms. The van der Waals surface area contributed by atoms with Gasteiger partial charge in [0.2, 0.25) is 0 Å². The van der Waals surface area contributed by atoms with Gasteiger partial charge >= 0.3 is 23.9 Å². The van der Waals surface area contributed by atoms with Gasteiger partial charge in [0.15, 0.2) is 0 Å². The number of halogens is 9. The summed E-state index contributed by atoms with van der Waals surface area (Å²) in [5.74, 6) is -19.3. The van der Waals surface area contributed by atoms with E-state index in [9.17, 15) is 44.3 Å². The highest BCUT2D eigenvalue weighted by molar-refractivity contribution is 7.77. The van der Waals surface area contributed by atoms with E-state index in [-0.39, 0.29) is 0 Å². The van der Waals surface area contributed by atoms with E-state index in [1.165, 1.54) is 0 Å². The van der Waals surface area contributed by atoms with Crippen molar-refractivity contribution >= 4 is 17.7 Å². The van der Waals surface area contributed by atoms with Gasteiger partial charge < -0.3 is 17.4 Å². The highest BCUT2D eigenvalue weighted by atomic mass is 32.1. The predicted octanol–water partition coefficient (Wildman–Crippen LogP) is 3.31. The molecule has 0 aliphatic rings. The highest BCUT2D eigenvalue weighted by Crippen LogP contribution is 2.54. The van der Waals surface area contributed by atoms with Crippen molar-refractivity contribution in [3.63, 3.8) is 0 Å². The summed E-state index contributed by atoms with van der Waals surface area (Å²) in [5.41, 5.74) is 0. The zero-order chi connectivity index (χ0) is 15.0. The summed E-state index contributed by atoms with van der Waals surface area (Å²) in [7, 11) is 0. The zero-order valence-corrected chi connectivity index (χ0v) is 8.95. The number of hydrogen-bond donors (Lipinski definition) is 0. The molecule has 0 atom stereocenters. The molecule has 0 aliphatic carbocycles. The van der Waals surface area contributed by atoms with E-state index in [1.807, 2.05) is 0 Å². The van der Waals surface area contributed by atoms with E-state index < -0.39 is 41.9 Å². The Balaban J connectivity index is 5.29. The Labute approximate surface area is 99.7 Å². The molecule has 0 radical (unpaired) electrons. The molecule has 0 unspecified atom stereocenters. The number of alkyl halides is 9. The van der Waals surface area contributed by atoms with Crippen molar-refractivity contribution in [1.82, 2.24) is 0 Å². The monoisotopic (exact) mass is 307 g/mol. The fourth-order valence-corrected chi connectivity index (χ4v) is 0.926. The van der Waals surface area contributed by atoms with Gasteiger partial charge in [0.05, 0.1) is 0 Å². The Morgan fingerprint density at radius 1 is 0.833 bits per heavy atom. The first kappa shape index (κ1) is 17.3. The molecule has 1 nitrogen and oxygen atoms in total. The molecule has 0 N–H and O–H groups in total. The van der Waals surface area contributed by atoms with Crippen LogP contribution >= 0.6 is 0 Å². The van der Waals surface area contributed by atoms with Crippen LogP contribution in [0.5, 0.6) is 0 Å². The fourth-order valence-electron chi connectivity index (χ4n) is 0.824.